The maximum Gasteiger partial charge on any atom is 0.273 e. The van der Waals surface area contributed by atoms with Crippen LogP contribution in [0.4, 0.5) is 17.1 Å². The number of rotatable bonds is 6. The third kappa shape index (κ3) is 5.18. The van der Waals surface area contributed by atoms with Crippen molar-refractivity contribution in [3.8, 4) is 0 Å². The molecule has 3 aromatic rings. The molecule has 3 rings (SSSR count). The molecule has 0 spiro atoms. The van der Waals surface area contributed by atoms with Crippen LogP contribution < -0.4 is 10.7 Å². The highest BCUT2D eigenvalue weighted by atomic mass is 35.5. The Labute approximate surface area is 172 Å². The summed E-state index contributed by atoms with van der Waals surface area (Å²) in [5, 5.41) is 18.4. The number of halogens is 1. The molecule has 0 atom stereocenters. The number of benzene rings is 3. The second-order valence-electron chi connectivity index (χ2n) is 6.18. The lowest BCUT2D eigenvalue weighted by Gasteiger charge is -2.13. The van der Waals surface area contributed by atoms with E-state index in [0.29, 0.717) is 21.8 Å². The number of aryl methyl sites for hydroxylation is 1. The molecule has 0 aliphatic rings. The van der Waals surface area contributed by atoms with Crippen molar-refractivity contribution in [3.63, 3.8) is 0 Å². The van der Waals surface area contributed by atoms with Crippen molar-refractivity contribution >= 4 is 40.8 Å². The Morgan fingerprint density at radius 3 is 2.62 bits per heavy atom. The van der Waals surface area contributed by atoms with E-state index in [1.807, 2.05) is 31.2 Å². The van der Waals surface area contributed by atoms with Gasteiger partial charge in [-0.05, 0) is 36.8 Å². The van der Waals surface area contributed by atoms with Crippen LogP contribution in [0.25, 0.3) is 0 Å². The van der Waals surface area contributed by atoms with Crippen molar-refractivity contribution in [2.45, 2.75) is 6.92 Å². The predicted octanol–water partition coefficient (Wildman–Crippen LogP) is 5.06. The van der Waals surface area contributed by atoms with E-state index in [-0.39, 0.29) is 5.69 Å². The highest BCUT2D eigenvalue weighted by Crippen LogP contribution is 2.26. The standard InChI is InChI=1S/C21H17ClN4O3/c1-14-5-2-3-8-19(14)24-20-12-16(22)9-10-18(20)21(27)25-23-13-15-6-4-7-17(11-15)26(28)29/h2-13,24H,1H3,(H,25,27)/b23-13+. The molecule has 0 bridgehead atoms. The molecule has 146 valence electrons. The highest BCUT2D eigenvalue weighted by Gasteiger charge is 2.12. The molecule has 0 radical (unpaired) electrons. The Morgan fingerprint density at radius 1 is 1.07 bits per heavy atom. The van der Waals surface area contributed by atoms with Crippen LogP contribution in [0, 0.1) is 17.0 Å². The van der Waals surface area contributed by atoms with Gasteiger partial charge in [0, 0.05) is 28.4 Å². The number of amides is 1. The topological polar surface area (TPSA) is 96.6 Å². The summed E-state index contributed by atoms with van der Waals surface area (Å²) in [5.74, 6) is -0.445. The Balaban J connectivity index is 1.78. The molecule has 0 saturated carbocycles. The number of hydrogen-bond acceptors (Lipinski definition) is 5. The fraction of sp³-hybridized carbons (Fsp3) is 0.0476. The van der Waals surface area contributed by atoms with Gasteiger partial charge >= 0.3 is 0 Å². The number of anilines is 2. The van der Waals surface area contributed by atoms with Crippen molar-refractivity contribution in [1.29, 1.82) is 0 Å². The van der Waals surface area contributed by atoms with Gasteiger partial charge in [-0.1, -0.05) is 41.9 Å². The molecule has 0 aliphatic carbocycles. The first-order chi connectivity index (χ1) is 13.9. The number of nitrogens with zero attached hydrogens (tertiary/aromatic N) is 2. The minimum atomic E-state index is -0.493. The Kier molecular flexibility index (Phi) is 6.21. The van der Waals surface area contributed by atoms with E-state index in [4.69, 9.17) is 11.6 Å². The third-order valence-electron chi connectivity index (χ3n) is 4.10. The van der Waals surface area contributed by atoms with Crippen LogP contribution in [0.2, 0.25) is 5.02 Å². The molecular formula is C21H17ClN4O3. The summed E-state index contributed by atoms with van der Waals surface area (Å²) in [4.78, 5) is 22.9. The largest absolute Gasteiger partial charge is 0.355 e. The average Bonchev–Trinajstić information content (AvgIpc) is 2.70. The fourth-order valence-corrected chi connectivity index (χ4v) is 2.79. The van der Waals surface area contributed by atoms with E-state index in [2.05, 4.69) is 15.8 Å². The number of carbonyl (C=O) groups excluding carboxylic acids is 1. The number of hydrazone groups is 1. The first-order valence-electron chi connectivity index (χ1n) is 8.64. The molecule has 0 aromatic heterocycles. The predicted molar refractivity (Wildman–Crippen MR) is 114 cm³/mol. The fourth-order valence-electron chi connectivity index (χ4n) is 2.62. The first-order valence-corrected chi connectivity index (χ1v) is 9.02. The summed E-state index contributed by atoms with van der Waals surface area (Å²) < 4.78 is 0. The number of para-hydroxylation sites is 1. The van der Waals surface area contributed by atoms with E-state index >= 15 is 0 Å². The van der Waals surface area contributed by atoms with Crippen molar-refractivity contribution in [2.75, 3.05) is 5.32 Å². The van der Waals surface area contributed by atoms with Gasteiger partial charge < -0.3 is 5.32 Å². The van der Waals surface area contributed by atoms with Crippen LogP contribution in [0.15, 0.2) is 71.8 Å². The molecule has 0 fully saturated rings. The Morgan fingerprint density at radius 2 is 1.86 bits per heavy atom. The van der Waals surface area contributed by atoms with E-state index in [9.17, 15) is 14.9 Å². The lowest BCUT2D eigenvalue weighted by atomic mass is 10.1. The summed E-state index contributed by atoms with van der Waals surface area (Å²) in [6, 6.07) is 18.5. The summed E-state index contributed by atoms with van der Waals surface area (Å²) in [5.41, 5.74) is 5.63. The molecule has 0 unspecified atom stereocenters. The molecule has 7 nitrogen and oxygen atoms in total. The van der Waals surface area contributed by atoms with Gasteiger partial charge in [0.05, 0.1) is 22.4 Å². The number of nitrogens with one attached hydrogen (secondary N) is 2. The SMILES string of the molecule is Cc1ccccc1Nc1cc(Cl)ccc1C(=O)N/N=C/c1cccc([N+](=O)[O-])c1. The minimum Gasteiger partial charge on any atom is -0.355 e. The smallest absolute Gasteiger partial charge is 0.273 e. The van der Waals surface area contributed by atoms with Gasteiger partial charge in [0.2, 0.25) is 0 Å². The van der Waals surface area contributed by atoms with Gasteiger partial charge in [0.15, 0.2) is 0 Å². The average molecular weight is 409 g/mol. The van der Waals surface area contributed by atoms with E-state index < -0.39 is 10.8 Å². The van der Waals surface area contributed by atoms with E-state index in [1.165, 1.54) is 18.3 Å². The second kappa shape index (κ2) is 8.99. The van der Waals surface area contributed by atoms with Crippen molar-refractivity contribution < 1.29 is 9.72 Å². The van der Waals surface area contributed by atoms with Crippen molar-refractivity contribution in [3.05, 3.63) is 98.6 Å². The third-order valence-corrected chi connectivity index (χ3v) is 4.34. The second-order valence-corrected chi connectivity index (χ2v) is 6.62. The van der Waals surface area contributed by atoms with Crippen LogP contribution >= 0.6 is 11.6 Å². The number of nitro benzene ring substituents is 1. The number of carbonyl (C=O) groups is 1. The quantitative estimate of drug-likeness (QED) is 0.338. The first kappa shape index (κ1) is 20.0. The normalized spacial score (nSPS) is 10.7. The zero-order chi connectivity index (χ0) is 20.8. The van der Waals surface area contributed by atoms with E-state index in [1.54, 1.807) is 30.3 Å². The lowest BCUT2D eigenvalue weighted by molar-refractivity contribution is -0.384. The molecule has 3 aromatic carbocycles. The number of hydrogen-bond donors (Lipinski definition) is 2. The molecule has 0 saturated heterocycles. The van der Waals surface area contributed by atoms with Gasteiger partial charge in [-0.15, -0.1) is 0 Å². The van der Waals surface area contributed by atoms with Gasteiger partial charge in [-0.25, -0.2) is 5.43 Å². The molecular weight excluding hydrogens is 392 g/mol. The van der Waals surface area contributed by atoms with Gasteiger partial charge in [0.1, 0.15) is 0 Å². The van der Waals surface area contributed by atoms with Crippen molar-refractivity contribution in [1.82, 2.24) is 5.43 Å². The molecule has 8 heteroatoms. The maximum absolute atomic E-state index is 12.6. The molecule has 29 heavy (non-hydrogen) atoms. The van der Waals surface area contributed by atoms with Crippen LogP contribution in [0.5, 0.6) is 0 Å². The van der Waals surface area contributed by atoms with Gasteiger partial charge in [-0.3, -0.25) is 14.9 Å². The highest BCUT2D eigenvalue weighted by molar-refractivity contribution is 6.31. The summed E-state index contributed by atoms with van der Waals surface area (Å²) in [7, 11) is 0. The van der Waals surface area contributed by atoms with E-state index in [0.717, 1.165) is 11.3 Å². The lowest BCUT2D eigenvalue weighted by Crippen LogP contribution is -2.19. The molecule has 1 amide bonds. The monoisotopic (exact) mass is 408 g/mol. The summed E-state index contributed by atoms with van der Waals surface area (Å²) in [6.07, 6.45) is 1.34. The molecule has 0 aliphatic heterocycles. The summed E-state index contributed by atoms with van der Waals surface area (Å²) >= 11 is 6.10. The maximum atomic E-state index is 12.6. The van der Waals surface area contributed by atoms with Crippen molar-refractivity contribution in [2.24, 2.45) is 5.10 Å². The van der Waals surface area contributed by atoms with Crippen LogP contribution in [0.1, 0.15) is 21.5 Å². The zero-order valence-electron chi connectivity index (χ0n) is 15.4. The van der Waals surface area contributed by atoms with Gasteiger partial charge in [-0.2, -0.15) is 5.10 Å². The summed E-state index contributed by atoms with van der Waals surface area (Å²) in [6.45, 7) is 1.95. The number of non-ortho nitro benzene ring substituents is 1. The van der Waals surface area contributed by atoms with Crippen LogP contribution in [-0.4, -0.2) is 17.0 Å². The Hall–Kier alpha value is -3.71. The van der Waals surface area contributed by atoms with Gasteiger partial charge in [0.25, 0.3) is 11.6 Å². The van der Waals surface area contributed by atoms with Crippen LogP contribution in [-0.2, 0) is 0 Å². The van der Waals surface area contributed by atoms with Crippen LogP contribution in [0.3, 0.4) is 0 Å². The molecule has 2 N–H and O–H groups in total. The zero-order valence-corrected chi connectivity index (χ0v) is 16.2. The molecule has 0 heterocycles. The Bertz CT molecular complexity index is 1100. The minimum absolute atomic E-state index is 0.0531. The number of nitro groups is 1.